The molecule has 0 saturated heterocycles. The number of ether oxygens (including phenoxy) is 2. The average Bonchev–Trinajstić information content (AvgIpc) is 3.06. The Kier molecular flexibility index (Phi) is 5.64. The minimum absolute atomic E-state index is 0.205. The van der Waals surface area contributed by atoms with E-state index in [1.807, 2.05) is 49.5 Å². The standard InChI is InChI=1S/C21H25N3O3/c1-5-17-19(24-12-6-7-18(26-4)20(24)23-17)21(25)22-15-8-10-16(11-9-15)27-13-14(2)3/h6-12,14H,5,13H2,1-4H3,(H,22,25). The zero-order valence-corrected chi connectivity index (χ0v) is 16.2. The number of rotatable bonds is 7. The van der Waals surface area contributed by atoms with Gasteiger partial charge in [0.05, 0.1) is 19.4 Å². The molecule has 0 spiro atoms. The van der Waals surface area contributed by atoms with Crippen LogP contribution in [0.25, 0.3) is 5.65 Å². The smallest absolute Gasteiger partial charge is 0.274 e. The molecule has 2 heterocycles. The number of aromatic nitrogens is 2. The van der Waals surface area contributed by atoms with E-state index in [-0.39, 0.29) is 5.91 Å². The number of nitrogens with one attached hydrogen (secondary N) is 1. The van der Waals surface area contributed by atoms with Crippen LogP contribution in [0.3, 0.4) is 0 Å². The van der Waals surface area contributed by atoms with Gasteiger partial charge in [-0.2, -0.15) is 0 Å². The molecular weight excluding hydrogens is 342 g/mol. The molecule has 0 aliphatic heterocycles. The van der Waals surface area contributed by atoms with Crippen LogP contribution >= 0.6 is 0 Å². The first-order chi connectivity index (χ1) is 13.0. The summed E-state index contributed by atoms with van der Waals surface area (Å²) in [5.41, 5.74) is 2.59. The van der Waals surface area contributed by atoms with Gasteiger partial charge in [0.1, 0.15) is 11.4 Å². The molecule has 1 aromatic carbocycles. The van der Waals surface area contributed by atoms with Crippen LogP contribution in [0.4, 0.5) is 5.69 Å². The quantitative estimate of drug-likeness (QED) is 0.680. The van der Waals surface area contributed by atoms with Gasteiger partial charge in [-0.1, -0.05) is 20.8 Å². The monoisotopic (exact) mass is 367 g/mol. The predicted molar refractivity (Wildman–Crippen MR) is 106 cm³/mol. The molecule has 0 bridgehead atoms. The highest BCUT2D eigenvalue weighted by Crippen LogP contribution is 2.23. The number of carbonyl (C=O) groups is 1. The van der Waals surface area contributed by atoms with Gasteiger partial charge in [-0.3, -0.25) is 9.20 Å². The molecule has 0 unspecified atom stereocenters. The van der Waals surface area contributed by atoms with Gasteiger partial charge in [-0.05, 0) is 48.7 Å². The lowest BCUT2D eigenvalue weighted by Gasteiger charge is -2.10. The molecule has 0 fully saturated rings. The molecule has 3 aromatic rings. The molecule has 0 saturated carbocycles. The molecule has 0 radical (unpaired) electrons. The maximum Gasteiger partial charge on any atom is 0.274 e. The molecular formula is C21H25N3O3. The van der Waals surface area contributed by atoms with Crippen molar-refractivity contribution in [2.24, 2.45) is 5.92 Å². The summed E-state index contributed by atoms with van der Waals surface area (Å²) in [5.74, 6) is 1.68. The second-order valence-corrected chi connectivity index (χ2v) is 6.71. The van der Waals surface area contributed by atoms with Crippen molar-refractivity contribution < 1.29 is 14.3 Å². The van der Waals surface area contributed by atoms with E-state index in [1.54, 1.807) is 11.5 Å². The molecule has 1 N–H and O–H groups in total. The Bertz CT molecular complexity index is 930. The van der Waals surface area contributed by atoms with Crippen molar-refractivity contribution in [3.8, 4) is 11.5 Å². The SMILES string of the molecule is CCc1nc2c(OC)cccn2c1C(=O)Nc1ccc(OCC(C)C)cc1. The molecule has 3 rings (SSSR count). The van der Waals surface area contributed by atoms with Crippen molar-refractivity contribution in [2.45, 2.75) is 27.2 Å². The van der Waals surface area contributed by atoms with Crippen molar-refractivity contribution in [1.82, 2.24) is 9.38 Å². The summed E-state index contributed by atoms with van der Waals surface area (Å²) in [4.78, 5) is 17.5. The third kappa shape index (κ3) is 4.05. The molecule has 6 nitrogen and oxygen atoms in total. The van der Waals surface area contributed by atoms with Gasteiger partial charge in [0.15, 0.2) is 11.4 Å². The Morgan fingerprint density at radius 2 is 1.96 bits per heavy atom. The van der Waals surface area contributed by atoms with Gasteiger partial charge in [-0.25, -0.2) is 4.98 Å². The summed E-state index contributed by atoms with van der Waals surface area (Å²) in [7, 11) is 1.60. The number of amides is 1. The number of benzene rings is 1. The van der Waals surface area contributed by atoms with Crippen LogP contribution in [-0.2, 0) is 6.42 Å². The number of anilines is 1. The average molecular weight is 367 g/mol. The van der Waals surface area contributed by atoms with Crippen LogP contribution in [0.15, 0.2) is 42.6 Å². The lowest BCUT2D eigenvalue weighted by molar-refractivity contribution is 0.102. The maximum absolute atomic E-state index is 12.9. The van der Waals surface area contributed by atoms with Gasteiger partial charge in [0.2, 0.25) is 0 Å². The predicted octanol–water partition coefficient (Wildman–Crippen LogP) is 4.19. The van der Waals surface area contributed by atoms with Gasteiger partial charge >= 0.3 is 0 Å². The van der Waals surface area contributed by atoms with Crippen molar-refractivity contribution >= 4 is 17.2 Å². The molecule has 0 atom stereocenters. The molecule has 0 aliphatic rings. The fourth-order valence-electron chi connectivity index (χ4n) is 2.82. The van der Waals surface area contributed by atoms with Crippen molar-refractivity contribution in [1.29, 1.82) is 0 Å². The third-order valence-electron chi connectivity index (χ3n) is 4.15. The topological polar surface area (TPSA) is 64.9 Å². The van der Waals surface area contributed by atoms with E-state index in [0.717, 1.165) is 11.4 Å². The molecule has 6 heteroatoms. The first-order valence-electron chi connectivity index (χ1n) is 9.11. The largest absolute Gasteiger partial charge is 0.493 e. The number of methoxy groups -OCH3 is 1. The Labute approximate surface area is 159 Å². The van der Waals surface area contributed by atoms with Gasteiger partial charge < -0.3 is 14.8 Å². The third-order valence-corrected chi connectivity index (χ3v) is 4.15. The Morgan fingerprint density at radius 1 is 1.22 bits per heavy atom. The number of hydrogen-bond acceptors (Lipinski definition) is 4. The summed E-state index contributed by atoms with van der Waals surface area (Å²) < 4.78 is 12.8. The highest BCUT2D eigenvalue weighted by Gasteiger charge is 2.20. The van der Waals surface area contributed by atoms with E-state index >= 15 is 0 Å². The van der Waals surface area contributed by atoms with Crippen LogP contribution < -0.4 is 14.8 Å². The van der Waals surface area contributed by atoms with Crippen molar-refractivity contribution in [3.63, 3.8) is 0 Å². The molecule has 0 aliphatic carbocycles. The highest BCUT2D eigenvalue weighted by atomic mass is 16.5. The zero-order chi connectivity index (χ0) is 19.4. The van der Waals surface area contributed by atoms with E-state index < -0.39 is 0 Å². The second kappa shape index (κ2) is 8.12. The summed E-state index contributed by atoms with van der Waals surface area (Å²) in [6.45, 7) is 6.84. The zero-order valence-electron chi connectivity index (χ0n) is 16.2. The fourth-order valence-corrected chi connectivity index (χ4v) is 2.82. The van der Waals surface area contributed by atoms with Crippen LogP contribution in [-0.4, -0.2) is 29.0 Å². The van der Waals surface area contributed by atoms with Gasteiger partial charge in [-0.15, -0.1) is 0 Å². The number of nitrogens with zero attached hydrogens (tertiary/aromatic N) is 2. The normalized spacial score (nSPS) is 11.0. The van der Waals surface area contributed by atoms with Crippen molar-refractivity contribution in [2.75, 3.05) is 19.0 Å². The molecule has 27 heavy (non-hydrogen) atoms. The minimum Gasteiger partial charge on any atom is -0.493 e. The first-order valence-corrected chi connectivity index (χ1v) is 9.11. The maximum atomic E-state index is 12.9. The number of carbonyl (C=O) groups excluding carboxylic acids is 1. The Hall–Kier alpha value is -3.02. The molecule has 1 amide bonds. The Morgan fingerprint density at radius 3 is 2.59 bits per heavy atom. The van der Waals surface area contributed by atoms with E-state index in [1.165, 1.54) is 0 Å². The summed E-state index contributed by atoms with van der Waals surface area (Å²) in [6, 6.07) is 11.1. The van der Waals surface area contributed by atoms with Gasteiger partial charge in [0.25, 0.3) is 5.91 Å². The Balaban J connectivity index is 1.84. The lowest BCUT2D eigenvalue weighted by atomic mass is 10.2. The second-order valence-electron chi connectivity index (χ2n) is 6.71. The summed E-state index contributed by atoms with van der Waals surface area (Å²) >= 11 is 0. The molecule has 2 aromatic heterocycles. The van der Waals surface area contributed by atoms with Gasteiger partial charge in [0, 0.05) is 11.9 Å². The van der Waals surface area contributed by atoms with Crippen LogP contribution in [0, 0.1) is 5.92 Å². The van der Waals surface area contributed by atoms with Crippen molar-refractivity contribution in [3.05, 3.63) is 54.0 Å². The van der Waals surface area contributed by atoms with E-state index in [2.05, 4.69) is 24.1 Å². The van der Waals surface area contributed by atoms with E-state index in [0.29, 0.717) is 41.7 Å². The number of aryl methyl sites for hydroxylation is 1. The lowest BCUT2D eigenvalue weighted by Crippen LogP contribution is -2.16. The number of imidazole rings is 1. The highest BCUT2D eigenvalue weighted by molar-refractivity contribution is 6.04. The number of pyridine rings is 1. The van der Waals surface area contributed by atoms with E-state index in [9.17, 15) is 4.79 Å². The van der Waals surface area contributed by atoms with Crippen LogP contribution in [0.5, 0.6) is 11.5 Å². The minimum atomic E-state index is -0.205. The number of fused-ring (bicyclic) bond motifs is 1. The number of hydrogen-bond donors (Lipinski definition) is 1. The summed E-state index contributed by atoms with van der Waals surface area (Å²) in [6.07, 6.45) is 2.47. The van der Waals surface area contributed by atoms with Crippen LogP contribution in [0.1, 0.15) is 37.0 Å². The fraction of sp³-hybridized carbons (Fsp3) is 0.333. The summed E-state index contributed by atoms with van der Waals surface area (Å²) in [5, 5.41) is 2.94. The first kappa shape index (κ1) is 18.8. The molecule has 142 valence electrons. The van der Waals surface area contributed by atoms with E-state index in [4.69, 9.17) is 9.47 Å². The van der Waals surface area contributed by atoms with Crippen LogP contribution in [0.2, 0.25) is 0 Å².